The molecule has 2 aromatic carbocycles. The van der Waals surface area contributed by atoms with Crippen LogP contribution in [0.25, 0.3) is 0 Å². The van der Waals surface area contributed by atoms with Gasteiger partial charge < -0.3 is 5.32 Å². The van der Waals surface area contributed by atoms with Crippen LogP contribution in [0.15, 0.2) is 47.4 Å². The Balaban J connectivity index is 1.48. The third kappa shape index (κ3) is 4.69. The van der Waals surface area contributed by atoms with Crippen LogP contribution >= 0.6 is 11.3 Å². The van der Waals surface area contributed by atoms with E-state index in [9.17, 15) is 22.0 Å². The molecule has 2 heterocycles. The number of sulfonamides is 1. The zero-order valence-electron chi connectivity index (χ0n) is 17.1. The van der Waals surface area contributed by atoms with Crippen LogP contribution < -0.4 is 5.32 Å². The molecule has 1 saturated heterocycles. The molecule has 1 atom stereocenters. The van der Waals surface area contributed by atoms with Crippen LogP contribution in [0.4, 0.5) is 14.5 Å². The van der Waals surface area contributed by atoms with Crippen molar-refractivity contribution in [2.45, 2.75) is 30.6 Å². The normalized spacial score (nSPS) is 17.3. The molecule has 11 heteroatoms. The molecule has 1 N–H and O–H groups in total. The average molecular weight is 479 g/mol. The highest BCUT2D eigenvalue weighted by Gasteiger charge is 2.34. The number of hydrogen-bond donors (Lipinski definition) is 1. The van der Waals surface area contributed by atoms with E-state index in [1.165, 1.54) is 4.31 Å². The van der Waals surface area contributed by atoms with Crippen LogP contribution in [0.3, 0.4) is 0 Å². The Hall–Kier alpha value is -2.76. The molecule has 168 valence electrons. The standard InChI is InChI=1S/C21H20F2N4O3S2/c1-13-4-7-16(8-5-13)24-19(28)21-26-25-20(31-21)14-3-2-10-27(12-14)32(29,30)18-9-6-15(22)11-17(18)23/h4-9,11,14H,2-3,10,12H2,1H3,(H,24,28)/t14-/m1/s1. The van der Waals surface area contributed by atoms with Crippen molar-refractivity contribution in [2.24, 2.45) is 0 Å². The fraction of sp³-hybridized carbons (Fsp3) is 0.286. The summed E-state index contributed by atoms with van der Waals surface area (Å²) in [7, 11) is -4.14. The summed E-state index contributed by atoms with van der Waals surface area (Å²) >= 11 is 1.10. The van der Waals surface area contributed by atoms with Gasteiger partial charge in [-0.25, -0.2) is 17.2 Å². The first-order chi connectivity index (χ1) is 15.2. The zero-order chi connectivity index (χ0) is 22.9. The molecule has 0 unspecified atom stereocenters. The lowest BCUT2D eigenvalue weighted by molar-refractivity contribution is 0.102. The quantitative estimate of drug-likeness (QED) is 0.600. The molecular weight excluding hydrogens is 458 g/mol. The van der Waals surface area contributed by atoms with Crippen molar-refractivity contribution in [1.82, 2.24) is 14.5 Å². The molecule has 0 spiro atoms. The lowest BCUT2D eigenvalue weighted by atomic mass is 10.0. The Kier molecular flexibility index (Phi) is 6.31. The van der Waals surface area contributed by atoms with Crippen molar-refractivity contribution >= 4 is 33.0 Å². The van der Waals surface area contributed by atoms with E-state index in [1.807, 2.05) is 19.1 Å². The molecule has 0 saturated carbocycles. The molecule has 0 radical (unpaired) electrons. The fourth-order valence-electron chi connectivity index (χ4n) is 3.50. The van der Waals surface area contributed by atoms with Crippen LogP contribution in [0.2, 0.25) is 0 Å². The number of nitrogens with zero attached hydrogens (tertiary/aromatic N) is 3. The summed E-state index contributed by atoms with van der Waals surface area (Å²) in [6, 6.07) is 9.73. The number of nitrogens with one attached hydrogen (secondary N) is 1. The van der Waals surface area contributed by atoms with Crippen LogP contribution in [-0.4, -0.2) is 41.9 Å². The molecule has 1 amide bonds. The van der Waals surface area contributed by atoms with E-state index in [-0.39, 0.29) is 24.0 Å². The van der Waals surface area contributed by atoms with E-state index in [2.05, 4.69) is 15.5 Å². The molecule has 3 aromatic rings. The Morgan fingerprint density at radius 3 is 2.62 bits per heavy atom. The van der Waals surface area contributed by atoms with Crippen LogP contribution in [0.1, 0.15) is 39.1 Å². The van der Waals surface area contributed by atoms with Crippen LogP contribution in [-0.2, 0) is 10.0 Å². The van der Waals surface area contributed by atoms with Crippen molar-refractivity contribution < 1.29 is 22.0 Å². The highest BCUT2D eigenvalue weighted by molar-refractivity contribution is 7.89. The molecule has 1 fully saturated rings. The van der Waals surface area contributed by atoms with Crippen molar-refractivity contribution in [3.8, 4) is 0 Å². The molecule has 32 heavy (non-hydrogen) atoms. The minimum atomic E-state index is -4.14. The predicted octanol–water partition coefficient (Wildman–Crippen LogP) is 3.95. The maximum absolute atomic E-state index is 14.1. The number of rotatable bonds is 5. The van der Waals surface area contributed by atoms with Crippen LogP contribution in [0, 0.1) is 18.6 Å². The molecule has 7 nitrogen and oxygen atoms in total. The maximum Gasteiger partial charge on any atom is 0.286 e. The first-order valence-electron chi connectivity index (χ1n) is 9.90. The second kappa shape index (κ2) is 9.00. The smallest absolute Gasteiger partial charge is 0.286 e. The number of aromatic nitrogens is 2. The number of carbonyl (C=O) groups is 1. The number of amides is 1. The number of aryl methyl sites for hydroxylation is 1. The van der Waals surface area contributed by atoms with Crippen molar-refractivity contribution in [2.75, 3.05) is 18.4 Å². The zero-order valence-corrected chi connectivity index (χ0v) is 18.7. The van der Waals surface area contributed by atoms with Crippen molar-refractivity contribution in [1.29, 1.82) is 0 Å². The topological polar surface area (TPSA) is 92.3 Å². The van der Waals surface area contributed by atoms with E-state index in [0.717, 1.165) is 29.0 Å². The Labute approximate surface area is 188 Å². The molecule has 4 rings (SSSR count). The molecule has 0 bridgehead atoms. The summed E-state index contributed by atoms with van der Waals surface area (Å²) in [5.74, 6) is -2.65. The molecule has 1 aromatic heterocycles. The van der Waals surface area contributed by atoms with E-state index in [4.69, 9.17) is 0 Å². The first-order valence-corrected chi connectivity index (χ1v) is 12.2. The van der Waals surface area contributed by atoms with Gasteiger partial charge in [-0.2, -0.15) is 4.31 Å². The summed E-state index contributed by atoms with van der Waals surface area (Å²) in [6.45, 7) is 2.24. The first kappa shape index (κ1) is 22.4. The van der Waals surface area contributed by atoms with Gasteiger partial charge in [0, 0.05) is 30.8 Å². The van der Waals surface area contributed by atoms with E-state index in [1.54, 1.807) is 12.1 Å². The summed E-state index contributed by atoms with van der Waals surface area (Å²) in [6.07, 6.45) is 1.20. The lowest BCUT2D eigenvalue weighted by Crippen LogP contribution is -2.39. The second-order valence-corrected chi connectivity index (χ2v) is 10.5. The van der Waals surface area contributed by atoms with Gasteiger partial charge in [-0.05, 0) is 44.0 Å². The Bertz CT molecular complexity index is 1250. The monoisotopic (exact) mass is 478 g/mol. The fourth-order valence-corrected chi connectivity index (χ4v) is 5.93. The summed E-state index contributed by atoms with van der Waals surface area (Å²) in [4.78, 5) is 11.9. The summed E-state index contributed by atoms with van der Waals surface area (Å²) in [5, 5.41) is 11.5. The summed E-state index contributed by atoms with van der Waals surface area (Å²) < 4.78 is 54.3. The lowest BCUT2D eigenvalue weighted by Gasteiger charge is -2.30. The molecule has 0 aliphatic carbocycles. The number of piperidine rings is 1. The van der Waals surface area contributed by atoms with E-state index < -0.39 is 32.5 Å². The second-order valence-electron chi connectivity index (χ2n) is 7.54. The maximum atomic E-state index is 14.1. The largest absolute Gasteiger partial charge is 0.320 e. The van der Waals surface area contributed by atoms with Crippen molar-refractivity contribution in [3.05, 3.63) is 69.7 Å². The van der Waals surface area contributed by atoms with Gasteiger partial charge in [0.2, 0.25) is 15.0 Å². The highest BCUT2D eigenvalue weighted by atomic mass is 32.2. The van der Waals surface area contributed by atoms with Gasteiger partial charge in [0.05, 0.1) is 0 Å². The van der Waals surface area contributed by atoms with Crippen molar-refractivity contribution in [3.63, 3.8) is 0 Å². The van der Waals surface area contributed by atoms with Gasteiger partial charge in [-0.1, -0.05) is 29.0 Å². The summed E-state index contributed by atoms with van der Waals surface area (Å²) in [5.41, 5.74) is 1.70. The number of carbonyl (C=O) groups excluding carboxylic acids is 1. The number of anilines is 1. The van der Waals surface area contributed by atoms with Gasteiger partial charge in [0.25, 0.3) is 5.91 Å². The third-order valence-electron chi connectivity index (χ3n) is 5.19. The van der Waals surface area contributed by atoms with Gasteiger partial charge in [0.15, 0.2) is 0 Å². The van der Waals surface area contributed by atoms with Gasteiger partial charge in [-0.15, -0.1) is 10.2 Å². The van der Waals surface area contributed by atoms with E-state index >= 15 is 0 Å². The number of hydrogen-bond acceptors (Lipinski definition) is 6. The van der Waals surface area contributed by atoms with Gasteiger partial charge >= 0.3 is 0 Å². The Morgan fingerprint density at radius 2 is 1.91 bits per heavy atom. The number of benzene rings is 2. The minimum absolute atomic E-state index is 0.0768. The molecular formula is C21H20F2N4O3S2. The number of halogens is 2. The predicted molar refractivity (Wildman–Crippen MR) is 116 cm³/mol. The van der Waals surface area contributed by atoms with E-state index in [0.29, 0.717) is 29.6 Å². The average Bonchev–Trinajstić information content (AvgIpc) is 3.26. The molecule has 1 aliphatic rings. The minimum Gasteiger partial charge on any atom is -0.320 e. The van der Waals surface area contributed by atoms with Crippen LogP contribution in [0.5, 0.6) is 0 Å². The third-order valence-corrected chi connectivity index (χ3v) is 8.17. The van der Waals surface area contributed by atoms with Gasteiger partial charge in [0.1, 0.15) is 21.5 Å². The highest BCUT2D eigenvalue weighted by Crippen LogP contribution is 2.32. The van der Waals surface area contributed by atoms with Gasteiger partial charge in [-0.3, -0.25) is 4.79 Å². The SMILES string of the molecule is Cc1ccc(NC(=O)c2nnc([C@@H]3CCCN(S(=O)(=O)c4ccc(F)cc4F)C3)s2)cc1. The molecule has 1 aliphatic heterocycles. The Morgan fingerprint density at radius 1 is 1.16 bits per heavy atom.